The number of hydrogen-bond donors (Lipinski definition) is 2. The summed E-state index contributed by atoms with van der Waals surface area (Å²) in [6.07, 6.45) is 2.17. The van der Waals surface area contributed by atoms with Crippen LogP contribution in [0.4, 0.5) is 26.6 Å². The van der Waals surface area contributed by atoms with Crippen molar-refractivity contribution in [2.45, 2.75) is 78.0 Å². The lowest BCUT2D eigenvalue weighted by molar-refractivity contribution is -0.117. The van der Waals surface area contributed by atoms with E-state index in [-0.39, 0.29) is 40.4 Å². The maximum absolute atomic E-state index is 15.1. The number of amides is 3. The fourth-order valence-electron chi connectivity index (χ4n) is 6.53. The van der Waals surface area contributed by atoms with E-state index >= 15 is 4.48 Å². The lowest BCUT2D eigenvalue weighted by Crippen LogP contribution is -2.55. The van der Waals surface area contributed by atoms with Gasteiger partial charge in [-0.1, -0.05) is 49.2 Å². The number of hydrogen-bond acceptors (Lipinski definition) is 8. The van der Waals surface area contributed by atoms with E-state index in [9.17, 15) is 19.5 Å². The quantitative estimate of drug-likeness (QED) is 0.156. The maximum Gasteiger partial charge on any atom is 0.407 e. The van der Waals surface area contributed by atoms with Crippen LogP contribution >= 0.6 is 0 Å². The fourth-order valence-corrected chi connectivity index (χ4v) is 6.53. The van der Waals surface area contributed by atoms with Gasteiger partial charge in [0.2, 0.25) is 5.95 Å². The molecule has 0 bridgehead atoms. The highest BCUT2D eigenvalue weighted by atomic mass is 19.2. The number of aromatic nitrogens is 4. The molecule has 50 heavy (non-hydrogen) atoms. The Labute approximate surface area is 289 Å². The van der Waals surface area contributed by atoms with Crippen molar-refractivity contribution < 1.29 is 28.7 Å². The number of nitrogens with zero attached hydrogens (tertiary/aromatic N) is 7. The number of halogens is 1. The van der Waals surface area contributed by atoms with Crippen molar-refractivity contribution in [3.8, 4) is 6.01 Å². The summed E-state index contributed by atoms with van der Waals surface area (Å²) in [5, 5.41) is 17.7. The van der Waals surface area contributed by atoms with Crippen LogP contribution in [-0.2, 0) is 17.8 Å². The second kappa shape index (κ2) is 13.4. The van der Waals surface area contributed by atoms with E-state index in [1.165, 1.54) is 24.0 Å². The van der Waals surface area contributed by atoms with E-state index in [2.05, 4.69) is 27.0 Å². The number of carboxylic acid groups (broad SMARTS) is 1. The minimum absolute atomic E-state index is 0.0106. The zero-order valence-electron chi connectivity index (χ0n) is 28.8. The molecular weight excluding hydrogens is 643 g/mol. The van der Waals surface area contributed by atoms with E-state index in [1.807, 2.05) is 45.9 Å². The Morgan fingerprint density at radius 3 is 2.64 bits per heavy atom. The smallest absolute Gasteiger partial charge is 0.407 e. The number of ether oxygens (including phenoxy) is 1. The van der Waals surface area contributed by atoms with E-state index < -0.39 is 29.6 Å². The molecule has 3 amide bonds. The van der Waals surface area contributed by atoms with Crippen LogP contribution in [0.5, 0.6) is 6.01 Å². The highest BCUT2D eigenvalue weighted by Crippen LogP contribution is 2.35. The predicted molar refractivity (Wildman–Crippen MR) is 186 cm³/mol. The minimum Gasteiger partial charge on any atom is -0.465 e. The van der Waals surface area contributed by atoms with Gasteiger partial charge < -0.3 is 20.1 Å². The molecule has 4 aromatic rings. The lowest BCUT2D eigenvalue weighted by Gasteiger charge is -2.43. The molecule has 1 fully saturated rings. The Morgan fingerprint density at radius 2 is 1.92 bits per heavy atom. The molecule has 2 aliphatic heterocycles. The van der Waals surface area contributed by atoms with Gasteiger partial charge in [-0.3, -0.25) is 14.5 Å². The van der Waals surface area contributed by atoms with Gasteiger partial charge in [-0.05, 0) is 75.3 Å². The van der Waals surface area contributed by atoms with E-state index in [1.54, 1.807) is 27.7 Å². The summed E-state index contributed by atoms with van der Waals surface area (Å²) in [5.41, 5.74) is 3.48. The Hall–Kier alpha value is -5.53. The van der Waals surface area contributed by atoms with Crippen LogP contribution in [0.15, 0.2) is 60.8 Å². The first-order valence-corrected chi connectivity index (χ1v) is 16.6. The van der Waals surface area contributed by atoms with Crippen molar-refractivity contribution in [1.82, 2.24) is 24.5 Å². The largest absolute Gasteiger partial charge is 0.465 e. The lowest BCUT2D eigenvalue weighted by atomic mass is 9.89. The first kappa shape index (κ1) is 34.3. The first-order chi connectivity index (χ1) is 23.8. The molecule has 0 aliphatic carbocycles. The summed E-state index contributed by atoms with van der Waals surface area (Å²) < 4.78 is 23.0. The minimum atomic E-state index is -0.998. The van der Waals surface area contributed by atoms with Crippen molar-refractivity contribution >= 4 is 40.9 Å². The van der Waals surface area contributed by atoms with E-state index in [0.717, 1.165) is 16.7 Å². The molecule has 6 rings (SSSR count). The van der Waals surface area contributed by atoms with Gasteiger partial charge in [0, 0.05) is 35.5 Å². The Balaban J connectivity index is 1.26. The molecule has 1 atom stereocenters. The number of para-hydroxylation sites is 1. The van der Waals surface area contributed by atoms with Gasteiger partial charge in [-0.2, -0.15) is 19.6 Å². The topological polar surface area (TPSA) is 146 Å². The number of anilines is 3. The summed E-state index contributed by atoms with van der Waals surface area (Å²) in [6.45, 7) is 13.7. The molecule has 2 aromatic heterocycles. The van der Waals surface area contributed by atoms with Crippen LogP contribution < -0.4 is 20.1 Å². The fraction of sp³-hybridized carbons (Fsp3) is 0.389. The number of benzene rings is 2. The van der Waals surface area contributed by atoms with Crippen molar-refractivity contribution in [2.75, 3.05) is 28.4 Å². The average molecular weight is 685 g/mol. The van der Waals surface area contributed by atoms with Crippen LogP contribution in [0.1, 0.15) is 80.4 Å². The van der Waals surface area contributed by atoms with Crippen LogP contribution in [0.3, 0.4) is 0 Å². The zero-order chi connectivity index (χ0) is 35.9. The van der Waals surface area contributed by atoms with Gasteiger partial charge in [0.25, 0.3) is 11.8 Å². The average Bonchev–Trinajstić information content (AvgIpc) is 3.72. The van der Waals surface area contributed by atoms with Crippen LogP contribution in [-0.4, -0.2) is 72.2 Å². The molecule has 262 valence electrons. The summed E-state index contributed by atoms with van der Waals surface area (Å²) in [4.78, 5) is 50.5. The predicted octanol–water partition coefficient (Wildman–Crippen LogP) is 6.16. The Kier molecular flexibility index (Phi) is 9.21. The number of piperidine rings is 1. The van der Waals surface area contributed by atoms with Gasteiger partial charge in [0.1, 0.15) is 6.10 Å². The van der Waals surface area contributed by atoms with Crippen molar-refractivity contribution in [3.05, 3.63) is 83.1 Å². The monoisotopic (exact) mass is 684 g/mol. The molecule has 2 aromatic carbocycles. The second-order valence-electron chi connectivity index (χ2n) is 13.7. The van der Waals surface area contributed by atoms with Gasteiger partial charge in [-0.15, -0.1) is 5.12 Å². The highest BCUT2D eigenvalue weighted by molar-refractivity contribution is 6.13. The van der Waals surface area contributed by atoms with Crippen molar-refractivity contribution in [1.29, 1.82) is 0 Å². The third-order valence-electron chi connectivity index (χ3n) is 9.39. The van der Waals surface area contributed by atoms with Crippen LogP contribution in [0.2, 0.25) is 0 Å². The molecule has 2 aliphatic rings. The summed E-state index contributed by atoms with van der Waals surface area (Å²) in [7, 11) is 0. The SMILES string of the molecule is C=C(C)C(=O)N(F)c1ccccc1C(=O)N1CCc2c(CNc3nc(O[C@@H]4CCC(C)(C)N(C(=O)O)C4)nc4c(C(C)C)cnn34)cccc21. The highest BCUT2D eigenvalue weighted by Gasteiger charge is 2.39. The first-order valence-electron chi connectivity index (χ1n) is 16.6. The second-order valence-corrected chi connectivity index (χ2v) is 13.7. The van der Waals surface area contributed by atoms with Crippen molar-refractivity contribution in [2.24, 2.45) is 0 Å². The van der Waals surface area contributed by atoms with Crippen LogP contribution in [0.25, 0.3) is 5.65 Å². The van der Waals surface area contributed by atoms with Gasteiger partial charge in [0.05, 0.1) is 24.0 Å². The summed E-state index contributed by atoms with van der Waals surface area (Å²) in [5.74, 6) is -0.831. The van der Waals surface area contributed by atoms with E-state index in [0.29, 0.717) is 49.6 Å². The Morgan fingerprint density at radius 1 is 1.16 bits per heavy atom. The molecule has 0 spiro atoms. The third-order valence-corrected chi connectivity index (χ3v) is 9.39. The van der Waals surface area contributed by atoms with E-state index in [4.69, 9.17) is 4.74 Å². The maximum atomic E-state index is 15.1. The summed E-state index contributed by atoms with van der Waals surface area (Å²) in [6, 6.07) is 11.9. The molecule has 13 nitrogen and oxygen atoms in total. The number of carbonyl (C=O) groups is 3. The van der Waals surface area contributed by atoms with Gasteiger partial charge >= 0.3 is 12.1 Å². The molecule has 0 radical (unpaired) electrons. The normalized spacial score (nSPS) is 16.7. The molecule has 4 heterocycles. The van der Waals surface area contributed by atoms with Gasteiger partial charge in [0.15, 0.2) is 5.65 Å². The number of likely N-dealkylation sites (tertiary alicyclic amines) is 1. The Bertz CT molecular complexity index is 1990. The van der Waals surface area contributed by atoms with Crippen LogP contribution in [0, 0.1) is 0 Å². The molecule has 14 heteroatoms. The number of nitrogens with one attached hydrogen (secondary N) is 1. The third kappa shape index (κ3) is 6.44. The molecule has 0 saturated carbocycles. The number of carbonyl (C=O) groups excluding carboxylic acids is 2. The number of fused-ring (bicyclic) bond motifs is 2. The number of rotatable bonds is 9. The summed E-state index contributed by atoms with van der Waals surface area (Å²) >= 11 is 0. The zero-order valence-corrected chi connectivity index (χ0v) is 28.8. The molecular formula is C36H41FN8O5. The van der Waals surface area contributed by atoms with Gasteiger partial charge in [-0.25, -0.2) is 4.79 Å². The van der Waals surface area contributed by atoms with Crippen molar-refractivity contribution in [3.63, 3.8) is 0 Å². The molecule has 0 unspecified atom stereocenters. The molecule has 1 saturated heterocycles. The standard InChI is InChI=1S/C36H41FN8O5/c1-21(2)27-19-39-45-30(27)40-34(50-24-14-16-36(5,6)43(20-24)35(48)49)41-33(45)38-18-23-10-9-13-28-25(23)15-17-42(28)32(47)26-11-7-8-12-29(26)44(37)31(46)22(3)4/h7-13,19,21,24H,3,14-18,20H2,1-2,4-6H3,(H,48,49)(H,38,40,41)/t24-/m1/s1. The molecule has 2 N–H and O–H groups in total.